The van der Waals surface area contributed by atoms with Crippen LogP contribution in [0.25, 0.3) is 0 Å². The summed E-state index contributed by atoms with van der Waals surface area (Å²) in [6.45, 7) is 0. The summed E-state index contributed by atoms with van der Waals surface area (Å²) in [7, 11) is 3.32. The predicted octanol–water partition coefficient (Wildman–Crippen LogP) is 1.28. The van der Waals surface area contributed by atoms with Gasteiger partial charge in [-0.05, 0) is 0 Å². The Morgan fingerprint density at radius 3 is 1.00 bits per heavy atom. The summed E-state index contributed by atoms with van der Waals surface area (Å²) in [5.41, 5.74) is 0. The fourth-order valence-corrected chi connectivity index (χ4v) is 2.14. The van der Waals surface area contributed by atoms with E-state index in [-0.39, 0.29) is 16.8 Å². The average molecular weight is 224 g/mol. The largest absolute Gasteiger partial charge is 0.339 e. The van der Waals surface area contributed by atoms with Crippen molar-refractivity contribution < 1.29 is 22.4 Å². The van der Waals surface area contributed by atoms with Crippen LogP contribution in [0.2, 0.25) is 0 Å². The van der Waals surface area contributed by atoms with Crippen molar-refractivity contribution in [2.45, 2.75) is 0 Å². The molecule has 0 aliphatic rings. The molecule has 0 bridgehead atoms. The number of hydrogen-bond acceptors (Lipinski definition) is 5. The van der Waals surface area contributed by atoms with Crippen molar-refractivity contribution in [3.63, 3.8) is 0 Å². The maximum atomic E-state index is 5.09. The Hall–Kier alpha value is 0.790. The van der Waals surface area contributed by atoms with Crippen molar-refractivity contribution in [2.24, 2.45) is 0 Å². The van der Waals surface area contributed by atoms with Crippen LogP contribution in [0, 0.1) is 0 Å². The van der Waals surface area contributed by atoms with Crippen LogP contribution in [0.3, 0.4) is 0 Å². The smallest absolute Gasteiger partial charge is 0.315 e. The van der Waals surface area contributed by atoms with E-state index in [1.807, 2.05) is 0 Å². The minimum absolute atomic E-state index is 0. The Balaban J connectivity index is -0.000000500. The fourth-order valence-electron chi connectivity index (χ4n) is 0.337. The van der Waals surface area contributed by atoms with E-state index >= 15 is 0 Å². The lowest BCUT2D eigenvalue weighted by Gasteiger charge is -2.15. The first-order valence-corrected chi connectivity index (χ1v) is 4.92. The summed E-state index contributed by atoms with van der Waals surface area (Å²) in [6, 6.07) is 0. The molecule has 0 spiro atoms. The maximum absolute atomic E-state index is 5.09. The van der Waals surface area contributed by atoms with Crippen LogP contribution in [0.15, 0.2) is 0 Å². The average Bonchev–Trinajstić information content (AvgIpc) is 2.07. The highest BCUT2D eigenvalue weighted by Gasteiger charge is 2.17. The van der Waals surface area contributed by atoms with Gasteiger partial charge in [-0.2, -0.15) is 0 Å². The van der Waals surface area contributed by atoms with Gasteiger partial charge in [-0.25, -0.2) is 4.31 Å². The van der Waals surface area contributed by atoms with Crippen LogP contribution >= 0.6 is 17.2 Å². The lowest BCUT2D eigenvalue weighted by atomic mass is 10.8. The van der Waals surface area contributed by atoms with Crippen LogP contribution in [0.4, 0.5) is 0 Å². The van der Waals surface area contributed by atoms with Crippen molar-refractivity contribution in [1.82, 2.24) is 0 Å². The Bertz CT molecular complexity index is 82.6. The van der Waals surface area contributed by atoms with E-state index < -0.39 is 17.2 Å². The van der Waals surface area contributed by atoms with Crippen molar-refractivity contribution in [2.75, 3.05) is 28.4 Å². The Morgan fingerprint density at radius 2 is 0.846 bits per heavy atom. The van der Waals surface area contributed by atoms with Gasteiger partial charge in [-0.3, -0.25) is 0 Å². The molecule has 0 atom stereocenters. The Kier molecular flexibility index (Phi) is 19.1. The molecular formula is C4H12B2O5P2. The van der Waals surface area contributed by atoms with E-state index in [1.54, 1.807) is 0 Å². The van der Waals surface area contributed by atoms with Crippen molar-refractivity contribution in [1.29, 1.82) is 0 Å². The van der Waals surface area contributed by atoms with Gasteiger partial charge in [-0.1, -0.05) is 0 Å². The van der Waals surface area contributed by atoms with E-state index in [4.69, 9.17) is 22.4 Å². The summed E-state index contributed by atoms with van der Waals surface area (Å²) >= 11 is 0. The highest BCUT2D eigenvalue weighted by Crippen LogP contribution is 2.53. The minimum atomic E-state index is -1.33. The molecule has 0 unspecified atom stereocenters. The van der Waals surface area contributed by atoms with Crippen LogP contribution in [0.5, 0.6) is 0 Å². The SMILES string of the molecule is COP(OC)OP(OC)OC.[B].[B]. The van der Waals surface area contributed by atoms with E-state index in [9.17, 15) is 0 Å². The van der Waals surface area contributed by atoms with Gasteiger partial charge in [0.15, 0.2) is 0 Å². The minimum Gasteiger partial charge on any atom is -0.315 e. The molecule has 0 rings (SSSR count). The van der Waals surface area contributed by atoms with Crippen molar-refractivity contribution in [3.8, 4) is 0 Å². The second-order valence-corrected chi connectivity index (χ2v) is 4.27. The molecule has 0 aliphatic heterocycles. The van der Waals surface area contributed by atoms with Gasteiger partial charge >= 0.3 is 17.2 Å². The van der Waals surface area contributed by atoms with Crippen molar-refractivity contribution in [3.05, 3.63) is 0 Å². The number of hydrogen-bond donors (Lipinski definition) is 0. The van der Waals surface area contributed by atoms with Crippen LogP contribution in [-0.4, -0.2) is 45.3 Å². The molecule has 0 aromatic rings. The van der Waals surface area contributed by atoms with E-state index in [0.717, 1.165) is 0 Å². The summed E-state index contributed by atoms with van der Waals surface area (Å²) < 4.78 is 24.3. The third-order valence-corrected chi connectivity index (χ3v) is 2.99. The van der Waals surface area contributed by atoms with Gasteiger partial charge in [0.1, 0.15) is 0 Å². The van der Waals surface area contributed by atoms with Crippen LogP contribution < -0.4 is 0 Å². The monoisotopic (exact) mass is 224 g/mol. The Morgan fingerprint density at radius 1 is 0.615 bits per heavy atom. The molecule has 0 saturated carbocycles. The Labute approximate surface area is 85.6 Å². The van der Waals surface area contributed by atoms with Gasteiger partial charge in [-0.15, -0.1) is 0 Å². The van der Waals surface area contributed by atoms with Crippen LogP contribution in [-0.2, 0) is 22.4 Å². The molecule has 0 aromatic heterocycles. The third kappa shape index (κ3) is 9.10. The summed E-state index contributed by atoms with van der Waals surface area (Å²) in [5.74, 6) is 0. The quantitative estimate of drug-likeness (QED) is 0.502. The zero-order valence-corrected chi connectivity index (χ0v) is 9.88. The molecule has 74 valence electrons. The maximum Gasteiger partial charge on any atom is 0.339 e. The van der Waals surface area contributed by atoms with E-state index in [2.05, 4.69) is 0 Å². The van der Waals surface area contributed by atoms with Gasteiger partial charge < -0.3 is 18.1 Å². The zero-order chi connectivity index (χ0) is 8.69. The molecule has 5 nitrogen and oxygen atoms in total. The lowest BCUT2D eigenvalue weighted by Crippen LogP contribution is -1.88. The molecule has 0 amide bonds. The molecule has 0 aliphatic carbocycles. The van der Waals surface area contributed by atoms with E-state index in [0.29, 0.717) is 0 Å². The highest BCUT2D eigenvalue weighted by molar-refractivity contribution is 7.55. The van der Waals surface area contributed by atoms with Crippen molar-refractivity contribution >= 4 is 34.0 Å². The zero-order valence-electron chi connectivity index (χ0n) is 8.09. The van der Waals surface area contributed by atoms with Gasteiger partial charge in [0, 0.05) is 45.3 Å². The summed E-state index contributed by atoms with van der Waals surface area (Å²) in [5, 5.41) is 0. The lowest BCUT2D eigenvalue weighted by molar-refractivity contribution is 0.231. The second kappa shape index (κ2) is 12.8. The molecule has 9 heteroatoms. The number of rotatable bonds is 6. The summed E-state index contributed by atoms with van der Waals surface area (Å²) in [4.78, 5) is 0. The van der Waals surface area contributed by atoms with Gasteiger partial charge in [0.25, 0.3) is 0 Å². The molecule has 0 fully saturated rings. The van der Waals surface area contributed by atoms with Gasteiger partial charge in [0.2, 0.25) is 0 Å². The topological polar surface area (TPSA) is 46.2 Å². The van der Waals surface area contributed by atoms with Crippen LogP contribution in [0.1, 0.15) is 0 Å². The standard InChI is InChI=1S/C4H12O5P2.2B/c1-5-10(6-2)9-11(7-3)8-4;;/h1-4H3;;. The third-order valence-electron chi connectivity index (χ3n) is 0.730. The molecule has 6 radical (unpaired) electrons. The first-order valence-electron chi connectivity index (χ1n) is 2.73. The molecule has 0 heterocycles. The highest BCUT2D eigenvalue weighted by atomic mass is 31.2. The molecular weight excluding hydrogens is 212 g/mol. The fraction of sp³-hybridized carbons (Fsp3) is 1.00. The molecule has 13 heavy (non-hydrogen) atoms. The predicted molar refractivity (Wildman–Crippen MR) is 54.5 cm³/mol. The van der Waals surface area contributed by atoms with Gasteiger partial charge in [0.05, 0.1) is 0 Å². The normalized spacial score (nSPS) is 9.69. The van der Waals surface area contributed by atoms with E-state index in [1.165, 1.54) is 28.4 Å². The first kappa shape index (κ1) is 19.4. The molecule has 0 aromatic carbocycles. The molecule has 0 N–H and O–H groups in total. The second-order valence-electron chi connectivity index (χ2n) is 1.26. The molecule has 0 saturated heterocycles. The first-order chi connectivity index (χ1) is 5.28. The summed E-state index contributed by atoms with van der Waals surface area (Å²) in [6.07, 6.45) is 0.